The smallest absolute Gasteiger partial charge is 0.271 e. The largest absolute Gasteiger partial charge is 0.379 e. The Morgan fingerprint density at radius 2 is 2.14 bits per heavy atom. The zero-order valence-electron chi connectivity index (χ0n) is 11.3. The Morgan fingerprint density at radius 3 is 2.90 bits per heavy atom. The number of non-ortho nitro benzene ring substituents is 1. The Bertz CT molecular complexity index is 637. The van der Waals surface area contributed by atoms with Crippen LogP contribution in [0.1, 0.15) is 5.82 Å². The molecule has 2 aromatic rings. The predicted octanol–water partition coefficient (Wildman–Crippen LogP) is 0.403. The molecule has 0 atom stereocenters. The summed E-state index contributed by atoms with van der Waals surface area (Å²) in [5.41, 5.74) is 0.595. The first-order chi connectivity index (χ1) is 10.2. The van der Waals surface area contributed by atoms with Gasteiger partial charge in [0.1, 0.15) is 0 Å². The lowest BCUT2D eigenvalue weighted by Gasteiger charge is -2.25. The van der Waals surface area contributed by atoms with Gasteiger partial charge in [0.25, 0.3) is 5.69 Å². The van der Waals surface area contributed by atoms with E-state index in [1.807, 2.05) is 0 Å². The van der Waals surface area contributed by atoms with E-state index in [0.717, 1.165) is 13.1 Å². The van der Waals surface area contributed by atoms with Crippen molar-refractivity contribution in [3.63, 3.8) is 0 Å². The molecule has 0 aliphatic carbocycles. The van der Waals surface area contributed by atoms with E-state index < -0.39 is 4.92 Å². The van der Waals surface area contributed by atoms with Crippen molar-refractivity contribution in [2.45, 2.75) is 6.54 Å². The molecule has 0 bridgehead atoms. The molecule has 0 amide bonds. The van der Waals surface area contributed by atoms with Crippen LogP contribution in [0.15, 0.2) is 24.3 Å². The zero-order chi connectivity index (χ0) is 14.7. The van der Waals surface area contributed by atoms with Crippen molar-refractivity contribution >= 4 is 5.69 Å². The summed E-state index contributed by atoms with van der Waals surface area (Å²) in [5, 5.41) is 22.5. The number of morpholine rings is 1. The number of tetrazole rings is 1. The van der Waals surface area contributed by atoms with Crippen LogP contribution in [-0.2, 0) is 11.3 Å². The Balaban J connectivity index is 1.84. The molecule has 1 aromatic carbocycles. The highest BCUT2D eigenvalue weighted by Gasteiger charge is 2.17. The summed E-state index contributed by atoms with van der Waals surface area (Å²) in [6.07, 6.45) is 0. The van der Waals surface area contributed by atoms with Crippen molar-refractivity contribution in [2.75, 3.05) is 26.3 Å². The minimum Gasteiger partial charge on any atom is -0.379 e. The number of hydrogen-bond acceptors (Lipinski definition) is 7. The lowest BCUT2D eigenvalue weighted by Crippen LogP contribution is -2.36. The maximum absolute atomic E-state index is 10.8. The summed E-state index contributed by atoms with van der Waals surface area (Å²) in [7, 11) is 0. The summed E-state index contributed by atoms with van der Waals surface area (Å²) < 4.78 is 6.83. The number of ether oxygens (including phenoxy) is 1. The fourth-order valence-corrected chi connectivity index (χ4v) is 2.20. The number of rotatable bonds is 4. The van der Waals surface area contributed by atoms with Crippen molar-refractivity contribution in [3.05, 3.63) is 40.2 Å². The van der Waals surface area contributed by atoms with E-state index in [2.05, 4.69) is 20.4 Å². The molecule has 1 fully saturated rings. The van der Waals surface area contributed by atoms with Crippen molar-refractivity contribution < 1.29 is 9.66 Å². The summed E-state index contributed by atoms with van der Waals surface area (Å²) in [6.45, 7) is 3.61. The molecule has 0 N–H and O–H groups in total. The van der Waals surface area contributed by atoms with E-state index in [-0.39, 0.29) is 5.69 Å². The van der Waals surface area contributed by atoms with E-state index in [9.17, 15) is 10.1 Å². The minimum atomic E-state index is -0.435. The quantitative estimate of drug-likeness (QED) is 0.593. The van der Waals surface area contributed by atoms with E-state index in [1.54, 1.807) is 12.1 Å². The summed E-state index contributed by atoms with van der Waals surface area (Å²) in [5.74, 6) is 0.650. The second kappa shape index (κ2) is 5.94. The number of aromatic nitrogens is 4. The molecule has 3 rings (SSSR count). The molecule has 1 aliphatic heterocycles. The van der Waals surface area contributed by atoms with E-state index in [4.69, 9.17) is 4.74 Å². The molecule has 21 heavy (non-hydrogen) atoms. The number of nitrogens with zero attached hydrogens (tertiary/aromatic N) is 6. The van der Waals surface area contributed by atoms with Crippen LogP contribution in [0, 0.1) is 10.1 Å². The van der Waals surface area contributed by atoms with E-state index >= 15 is 0 Å². The van der Waals surface area contributed by atoms with Gasteiger partial charge in [-0.1, -0.05) is 6.07 Å². The highest BCUT2D eigenvalue weighted by atomic mass is 16.6. The molecule has 1 aliphatic rings. The van der Waals surface area contributed by atoms with Gasteiger partial charge < -0.3 is 4.74 Å². The maximum Gasteiger partial charge on any atom is 0.271 e. The number of nitro benzene ring substituents is 1. The van der Waals surface area contributed by atoms with Crippen LogP contribution in [0.3, 0.4) is 0 Å². The molecule has 0 saturated carbocycles. The van der Waals surface area contributed by atoms with Crippen molar-refractivity contribution in [1.82, 2.24) is 25.1 Å². The van der Waals surface area contributed by atoms with Gasteiger partial charge in [-0.25, -0.2) is 0 Å². The van der Waals surface area contributed by atoms with Crippen LogP contribution < -0.4 is 0 Å². The molecular formula is C12H14N6O3. The predicted molar refractivity (Wildman–Crippen MR) is 71.9 cm³/mol. The average molecular weight is 290 g/mol. The van der Waals surface area contributed by atoms with Gasteiger partial charge in [0, 0.05) is 25.2 Å². The highest BCUT2D eigenvalue weighted by Crippen LogP contribution is 2.17. The van der Waals surface area contributed by atoms with Gasteiger partial charge in [0.05, 0.1) is 30.4 Å². The lowest BCUT2D eigenvalue weighted by molar-refractivity contribution is -0.384. The molecule has 2 heterocycles. The summed E-state index contributed by atoms with van der Waals surface area (Å²) in [6, 6.07) is 6.26. The first kappa shape index (κ1) is 13.6. The van der Waals surface area contributed by atoms with Gasteiger partial charge in [-0.15, -0.1) is 5.10 Å². The van der Waals surface area contributed by atoms with E-state index in [0.29, 0.717) is 31.3 Å². The monoisotopic (exact) mass is 290 g/mol. The SMILES string of the molecule is O=[N+]([O-])c1cccc(-n2nnnc2CN2CCOCC2)c1. The Kier molecular flexibility index (Phi) is 3.84. The van der Waals surface area contributed by atoms with Crippen molar-refractivity contribution in [3.8, 4) is 5.69 Å². The standard InChI is InChI=1S/C12H14N6O3/c19-18(20)11-3-1-2-10(8-11)17-12(13-14-15-17)9-16-4-6-21-7-5-16/h1-3,8H,4-7,9H2. The molecule has 1 aromatic heterocycles. The summed E-state index contributed by atoms with van der Waals surface area (Å²) in [4.78, 5) is 12.6. The third kappa shape index (κ3) is 3.03. The van der Waals surface area contributed by atoms with Crippen LogP contribution >= 0.6 is 0 Å². The first-order valence-corrected chi connectivity index (χ1v) is 6.56. The third-order valence-electron chi connectivity index (χ3n) is 3.29. The second-order valence-electron chi connectivity index (χ2n) is 4.67. The number of benzene rings is 1. The molecule has 0 spiro atoms. The van der Waals surface area contributed by atoms with Gasteiger partial charge in [-0.05, 0) is 16.5 Å². The van der Waals surface area contributed by atoms with Gasteiger partial charge in [-0.3, -0.25) is 15.0 Å². The normalized spacial score (nSPS) is 16.0. The third-order valence-corrected chi connectivity index (χ3v) is 3.29. The van der Waals surface area contributed by atoms with Crippen LogP contribution in [0.5, 0.6) is 0 Å². The van der Waals surface area contributed by atoms with Crippen LogP contribution in [-0.4, -0.2) is 56.3 Å². The molecule has 1 saturated heterocycles. The Hall–Kier alpha value is -2.39. The molecule has 110 valence electrons. The molecule has 9 heteroatoms. The van der Waals surface area contributed by atoms with Crippen LogP contribution in [0.2, 0.25) is 0 Å². The van der Waals surface area contributed by atoms with Crippen LogP contribution in [0.4, 0.5) is 5.69 Å². The highest BCUT2D eigenvalue weighted by molar-refractivity contribution is 5.42. The van der Waals surface area contributed by atoms with Crippen molar-refractivity contribution in [2.24, 2.45) is 0 Å². The topological polar surface area (TPSA) is 99.2 Å². The Morgan fingerprint density at radius 1 is 1.33 bits per heavy atom. The first-order valence-electron chi connectivity index (χ1n) is 6.56. The molecule has 0 radical (unpaired) electrons. The van der Waals surface area contributed by atoms with Crippen molar-refractivity contribution in [1.29, 1.82) is 0 Å². The van der Waals surface area contributed by atoms with Gasteiger partial charge in [0.2, 0.25) is 0 Å². The second-order valence-corrected chi connectivity index (χ2v) is 4.67. The Labute approximate surface area is 120 Å². The summed E-state index contributed by atoms with van der Waals surface area (Å²) >= 11 is 0. The molecule has 0 unspecified atom stereocenters. The molecule has 9 nitrogen and oxygen atoms in total. The lowest BCUT2D eigenvalue weighted by atomic mass is 10.3. The molecular weight excluding hydrogens is 276 g/mol. The average Bonchev–Trinajstić information content (AvgIpc) is 2.96. The van der Waals surface area contributed by atoms with Gasteiger partial charge in [0.15, 0.2) is 5.82 Å². The fraction of sp³-hybridized carbons (Fsp3) is 0.417. The van der Waals surface area contributed by atoms with Gasteiger partial charge >= 0.3 is 0 Å². The number of nitro groups is 1. The maximum atomic E-state index is 10.8. The van der Waals surface area contributed by atoms with E-state index in [1.165, 1.54) is 16.8 Å². The fourth-order valence-electron chi connectivity index (χ4n) is 2.20. The number of hydrogen-bond donors (Lipinski definition) is 0. The zero-order valence-corrected chi connectivity index (χ0v) is 11.3. The van der Waals surface area contributed by atoms with Crippen LogP contribution in [0.25, 0.3) is 5.69 Å². The van der Waals surface area contributed by atoms with Gasteiger partial charge in [-0.2, -0.15) is 4.68 Å². The minimum absolute atomic E-state index is 0.0142.